The van der Waals surface area contributed by atoms with E-state index in [1.807, 2.05) is 56.3 Å². The second kappa shape index (κ2) is 7.57. The fourth-order valence-corrected chi connectivity index (χ4v) is 2.86. The fraction of sp³-hybridized carbons (Fsp3) is 0.150. The third-order valence-electron chi connectivity index (χ3n) is 3.66. The van der Waals surface area contributed by atoms with Gasteiger partial charge in [0.05, 0.1) is 5.69 Å². The zero-order chi connectivity index (χ0) is 17.8. The van der Waals surface area contributed by atoms with E-state index in [4.69, 9.17) is 9.15 Å². The minimum absolute atomic E-state index is 0.245. The van der Waals surface area contributed by atoms with E-state index in [0.29, 0.717) is 11.4 Å². The lowest BCUT2D eigenvalue weighted by Gasteiger charge is -2.07. The number of ether oxygens (including phenoxy) is 1. The van der Waals surface area contributed by atoms with Gasteiger partial charge in [-0.3, -0.25) is 4.79 Å². The van der Waals surface area contributed by atoms with Crippen LogP contribution in [0.1, 0.15) is 27.4 Å². The number of amides is 1. The number of hydrogen-bond donors (Lipinski definition) is 1. The van der Waals surface area contributed by atoms with Crippen LogP contribution in [0.25, 0.3) is 0 Å². The molecule has 0 spiro atoms. The van der Waals surface area contributed by atoms with E-state index >= 15 is 0 Å². The number of hydrogen-bond acceptors (Lipinski definition) is 3. The van der Waals surface area contributed by atoms with Gasteiger partial charge in [-0.25, -0.2) is 0 Å². The summed E-state index contributed by atoms with van der Waals surface area (Å²) in [6.07, 6.45) is 0. The molecule has 1 N–H and O–H groups in total. The molecule has 3 rings (SSSR count). The van der Waals surface area contributed by atoms with Gasteiger partial charge in [-0.2, -0.15) is 0 Å². The molecule has 2 aromatic carbocycles. The van der Waals surface area contributed by atoms with E-state index in [9.17, 15) is 4.79 Å². The van der Waals surface area contributed by atoms with Gasteiger partial charge in [0, 0.05) is 4.47 Å². The van der Waals surface area contributed by atoms with Gasteiger partial charge in [0.2, 0.25) is 0 Å². The van der Waals surface area contributed by atoms with E-state index in [1.165, 1.54) is 5.56 Å². The summed E-state index contributed by atoms with van der Waals surface area (Å²) in [7, 11) is 0. The number of aryl methyl sites for hydroxylation is 2. The molecular formula is C20H18BrNO3. The molecule has 0 fully saturated rings. The number of furan rings is 1. The summed E-state index contributed by atoms with van der Waals surface area (Å²) in [5.41, 5.74) is 2.98. The molecule has 1 amide bonds. The lowest BCUT2D eigenvalue weighted by atomic mass is 10.2. The standard InChI is InChI=1S/C20H18BrNO3/c1-13-3-6-15(7-4-13)24-12-16-8-10-19(25-16)20(23)22-18-9-5-14(2)11-17(18)21/h3-11H,12H2,1-2H3,(H,22,23). The molecule has 0 radical (unpaired) electrons. The highest BCUT2D eigenvalue weighted by Crippen LogP contribution is 2.24. The number of benzene rings is 2. The van der Waals surface area contributed by atoms with Crippen LogP contribution >= 0.6 is 15.9 Å². The van der Waals surface area contributed by atoms with E-state index < -0.39 is 0 Å². The van der Waals surface area contributed by atoms with Crippen LogP contribution in [0.3, 0.4) is 0 Å². The number of carbonyl (C=O) groups is 1. The number of carbonyl (C=O) groups excluding carboxylic acids is 1. The quantitative estimate of drug-likeness (QED) is 0.616. The Kier molecular flexibility index (Phi) is 5.24. The lowest BCUT2D eigenvalue weighted by molar-refractivity contribution is 0.0992. The van der Waals surface area contributed by atoms with Crippen molar-refractivity contribution in [1.29, 1.82) is 0 Å². The van der Waals surface area contributed by atoms with Crippen molar-refractivity contribution in [3.05, 3.63) is 81.7 Å². The highest BCUT2D eigenvalue weighted by molar-refractivity contribution is 9.10. The zero-order valence-corrected chi connectivity index (χ0v) is 15.6. The monoisotopic (exact) mass is 399 g/mol. The first kappa shape index (κ1) is 17.3. The van der Waals surface area contributed by atoms with Gasteiger partial charge in [0.1, 0.15) is 18.1 Å². The summed E-state index contributed by atoms with van der Waals surface area (Å²) >= 11 is 3.44. The van der Waals surface area contributed by atoms with Crippen molar-refractivity contribution < 1.29 is 13.9 Å². The summed E-state index contributed by atoms with van der Waals surface area (Å²) in [6, 6.07) is 16.9. The van der Waals surface area contributed by atoms with Gasteiger partial charge in [-0.1, -0.05) is 23.8 Å². The molecular weight excluding hydrogens is 382 g/mol. The van der Waals surface area contributed by atoms with Gasteiger partial charge < -0.3 is 14.5 Å². The Morgan fingerprint density at radius 3 is 2.48 bits per heavy atom. The van der Waals surface area contributed by atoms with Gasteiger partial charge >= 0.3 is 0 Å². The predicted molar refractivity (Wildman–Crippen MR) is 101 cm³/mol. The van der Waals surface area contributed by atoms with Crippen molar-refractivity contribution in [3.63, 3.8) is 0 Å². The Morgan fingerprint density at radius 1 is 1.04 bits per heavy atom. The van der Waals surface area contributed by atoms with Crippen molar-refractivity contribution in [2.45, 2.75) is 20.5 Å². The first-order valence-corrected chi connectivity index (χ1v) is 8.66. The number of rotatable bonds is 5. The van der Waals surface area contributed by atoms with Crippen molar-refractivity contribution in [1.82, 2.24) is 0 Å². The normalized spacial score (nSPS) is 10.5. The number of anilines is 1. The molecule has 0 saturated heterocycles. The Labute approximate surface area is 154 Å². The third kappa shape index (κ3) is 4.51. The van der Waals surface area contributed by atoms with Crippen LogP contribution in [-0.4, -0.2) is 5.91 Å². The molecule has 0 aliphatic carbocycles. The van der Waals surface area contributed by atoms with Crippen molar-refractivity contribution in [3.8, 4) is 5.75 Å². The average molecular weight is 400 g/mol. The second-order valence-corrected chi connectivity index (χ2v) is 6.66. The summed E-state index contributed by atoms with van der Waals surface area (Å²) in [5, 5.41) is 2.83. The molecule has 3 aromatic rings. The Hall–Kier alpha value is -2.53. The maximum absolute atomic E-state index is 12.3. The summed E-state index contributed by atoms with van der Waals surface area (Å²) < 4.78 is 12.1. The third-order valence-corrected chi connectivity index (χ3v) is 4.32. The van der Waals surface area contributed by atoms with Crippen molar-refractivity contribution in [2.75, 3.05) is 5.32 Å². The molecule has 5 heteroatoms. The van der Waals surface area contributed by atoms with Crippen molar-refractivity contribution >= 4 is 27.5 Å². The first-order chi connectivity index (χ1) is 12.0. The van der Waals surface area contributed by atoms with Crippen LogP contribution < -0.4 is 10.1 Å². The molecule has 0 atom stereocenters. The molecule has 4 nitrogen and oxygen atoms in total. The molecule has 0 aliphatic rings. The second-order valence-electron chi connectivity index (χ2n) is 5.81. The Morgan fingerprint density at radius 2 is 1.76 bits per heavy atom. The van der Waals surface area contributed by atoms with E-state index in [2.05, 4.69) is 21.2 Å². The van der Waals surface area contributed by atoms with E-state index in [0.717, 1.165) is 15.8 Å². The van der Waals surface area contributed by atoms with Crippen molar-refractivity contribution in [2.24, 2.45) is 0 Å². The minimum atomic E-state index is -0.300. The van der Waals surface area contributed by atoms with Crippen LogP contribution in [0.2, 0.25) is 0 Å². The van der Waals surface area contributed by atoms with E-state index in [-0.39, 0.29) is 18.3 Å². The maximum atomic E-state index is 12.3. The zero-order valence-electron chi connectivity index (χ0n) is 14.0. The number of halogens is 1. The summed E-state index contributed by atoms with van der Waals surface area (Å²) in [5.74, 6) is 1.30. The molecule has 0 unspecified atom stereocenters. The molecule has 0 saturated carbocycles. The molecule has 128 valence electrons. The van der Waals surface area contributed by atoms with Gasteiger partial charge in [0.25, 0.3) is 5.91 Å². The highest BCUT2D eigenvalue weighted by atomic mass is 79.9. The summed E-state index contributed by atoms with van der Waals surface area (Å²) in [4.78, 5) is 12.3. The smallest absolute Gasteiger partial charge is 0.291 e. The molecule has 25 heavy (non-hydrogen) atoms. The molecule has 1 aromatic heterocycles. The topological polar surface area (TPSA) is 51.5 Å². The number of nitrogens with one attached hydrogen (secondary N) is 1. The van der Waals surface area contributed by atoms with Gasteiger partial charge in [0.15, 0.2) is 5.76 Å². The minimum Gasteiger partial charge on any atom is -0.486 e. The first-order valence-electron chi connectivity index (χ1n) is 7.87. The average Bonchev–Trinajstić information content (AvgIpc) is 3.06. The largest absolute Gasteiger partial charge is 0.486 e. The van der Waals surface area contributed by atoms with Crippen LogP contribution in [0.15, 0.2) is 63.5 Å². The van der Waals surface area contributed by atoms with Gasteiger partial charge in [-0.15, -0.1) is 0 Å². The molecule has 1 heterocycles. The SMILES string of the molecule is Cc1ccc(OCc2ccc(C(=O)Nc3ccc(C)cc3Br)o2)cc1. The van der Waals surface area contributed by atoms with Gasteiger partial charge in [-0.05, 0) is 71.7 Å². The predicted octanol–water partition coefficient (Wildman–Crippen LogP) is 5.49. The van der Waals surface area contributed by atoms with E-state index in [1.54, 1.807) is 12.1 Å². The highest BCUT2D eigenvalue weighted by Gasteiger charge is 2.13. The van der Waals surface area contributed by atoms with Crippen LogP contribution in [0, 0.1) is 13.8 Å². The molecule has 0 aliphatic heterocycles. The van der Waals surface area contributed by atoms with Crippen LogP contribution in [-0.2, 0) is 6.61 Å². The Balaban J connectivity index is 1.62. The van der Waals surface area contributed by atoms with Crippen LogP contribution in [0.4, 0.5) is 5.69 Å². The summed E-state index contributed by atoms with van der Waals surface area (Å²) in [6.45, 7) is 4.28. The fourth-order valence-electron chi connectivity index (χ4n) is 2.27. The van der Waals surface area contributed by atoms with Crippen LogP contribution in [0.5, 0.6) is 5.75 Å². The molecule has 0 bridgehead atoms. The lowest BCUT2D eigenvalue weighted by Crippen LogP contribution is -2.11. The Bertz CT molecular complexity index is 884. The maximum Gasteiger partial charge on any atom is 0.291 e.